The molecule has 358 valence electrons. The molecule has 0 saturated carbocycles. The Kier molecular flexibility index (Phi) is 11.3. The van der Waals surface area contributed by atoms with Crippen molar-refractivity contribution in [2.45, 2.75) is 41.5 Å². The maximum absolute atomic E-state index is 2.64. The lowest BCUT2D eigenvalue weighted by molar-refractivity contribution is 1.25. The minimum absolute atomic E-state index is 0.110. The van der Waals surface area contributed by atoms with Crippen LogP contribution in [0.3, 0.4) is 0 Å². The van der Waals surface area contributed by atoms with Crippen LogP contribution in [0.15, 0.2) is 237 Å². The fourth-order valence-corrected chi connectivity index (χ4v) is 12.7. The predicted molar refractivity (Wildman–Crippen MR) is 322 cm³/mol. The Balaban J connectivity index is 1.20. The van der Waals surface area contributed by atoms with Crippen LogP contribution in [0, 0.1) is 41.5 Å². The van der Waals surface area contributed by atoms with Crippen molar-refractivity contribution in [1.82, 2.24) is 0 Å². The van der Waals surface area contributed by atoms with Gasteiger partial charge >= 0.3 is 0 Å². The molecule has 2 nitrogen and oxygen atoms in total. The normalized spacial score (nSPS) is 12.3. The minimum atomic E-state index is -0.110. The average molecular weight is 961 g/mol. The summed E-state index contributed by atoms with van der Waals surface area (Å²) in [6.07, 6.45) is 0. The molecule has 0 atom stereocenters. The van der Waals surface area contributed by atoms with Crippen molar-refractivity contribution in [3.63, 3.8) is 0 Å². The molecule has 0 aromatic heterocycles. The van der Waals surface area contributed by atoms with E-state index in [1.54, 1.807) is 0 Å². The lowest BCUT2D eigenvalue weighted by atomic mass is 9.33. The van der Waals surface area contributed by atoms with Gasteiger partial charge in [0.1, 0.15) is 0 Å². The lowest BCUT2D eigenvalue weighted by Crippen LogP contribution is -2.61. The minimum Gasteiger partial charge on any atom is -0.311 e. The van der Waals surface area contributed by atoms with Crippen molar-refractivity contribution in [1.29, 1.82) is 0 Å². The first-order chi connectivity index (χ1) is 36.7. The van der Waals surface area contributed by atoms with Gasteiger partial charge in [-0.1, -0.05) is 200 Å². The van der Waals surface area contributed by atoms with Crippen LogP contribution >= 0.6 is 0 Å². The van der Waals surface area contributed by atoms with E-state index in [-0.39, 0.29) is 6.71 Å². The largest absolute Gasteiger partial charge is 0.311 e. The molecule has 11 aromatic carbocycles. The summed E-state index contributed by atoms with van der Waals surface area (Å²) in [7, 11) is 0. The molecule has 2 aliphatic rings. The quantitative estimate of drug-likeness (QED) is 0.140. The standard InChI is InChI=1S/C72H57BN2/c1-46-21-16-22-47(2)68(46)56-33-19-34-59(41-56)74-65-43-57(69-48(3)23-17-24-49(69)4)37-39-62(65)73-63-42-55(52-27-10-7-11-28-52)38-40-64(63)75(67-45-58(44-66(74)71(67)73)70-50(5)25-18-26-51(70)6)72-60(53-29-12-8-13-30-53)35-20-36-61(72)54-31-14-9-15-32-54/h7-45H,1-6H3. The van der Waals surface area contributed by atoms with Gasteiger partial charge in [-0.25, -0.2) is 0 Å². The summed E-state index contributed by atoms with van der Waals surface area (Å²) in [6, 6.07) is 88.7. The van der Waals surface area contributed by atoms with Gasteiger partial charge in [0.25, 0.3) is 6.71 Å². The topological polar surface area (TPSA) is 6.48 Å². The van der Waals surface area contributed by atoms with Gasteiger partial charge in [0, 0.05) is 39.6 Å². The third-order valence-corrected chi connectivity index (χ3v) is 16.0. The summed E-state index contributed by atoms with van der Waals surface area (Å²) in [5.74, 6) is 0. The molecule has 0 aliphatic carbocycles. The molecule has 13 rings (SSSR count). The van der Waals surface area contributed by atoms with E-state index in [1.165, 1.54) is 139 Å². The maximum atomic E-state index is 2.64. The third-order valence-electron chi connectivity index (χ3n) is 16.0. The zero-order valence-electron chi connectivity index (χ0n) is 43.5. The van der Waals surface area contributed by atoms with Gasteiger partial charge in [-0.2, -0.15) is 0 Å². The van der Waals surface area contributed by atoms with Crippen LogP contribution in [0.4, 0.5) is 34.1 Å². The zero-order chi connectivity index (χ0) is 50.9. The second-order valence-corrected chi connectivity index (χ2v) is 20.7. The highest BCUT2D eigenvalue weighted by atomic mass is 15.2. The molecule has 0 fully saturated rings. The van der Waals surface area contributed by atoms with Crippen LogP contribution < -0.4 is 26.2 Å². The van der Waals surface area contributed by atoms with Gasteiger partial charge in [0.05, 0.1) is 5.69 Å². The number of para-hydroxylation sites is 1. The summed E-state index contributed by atoms with van der Waals surface area (Å²) in [5, 5.41) is 0. The van der Waals surface area contributed by atoms with Gasteiger partial charge in [0.2, 0.25) is 0 Å². The van der Waals surface area contributed by atoms with Crippen molar-refractivity contribution in [2.75, 3.05) is 9.80 Å². The SMILES string of the molecule is Cc1cccc(C)c1-c1cccc(N2c3cc(-c4c(C)cccc4C)ccc3B3c4cc(-c5ccccc5)ccc4N(c4c(-c5ccccc5)cccc4-c4ccccc4)c4cc(-c5c(C)cccc5C)cc2c43)c1. The van der Waals surface area contributed by atoms with E-state index in [0.717, 1.165) is 11.4 Å². The van der Waals surface area contributed by atoms with E-state index < -0.39 is 0 Å². The number of anilines is 6. The fourth-order valence-electron chi connectivity index (χ4n) is 12.7. The van der Waals surface area contributed by atoms with Crippen molar-refractivity contribution in [3.05, 3.63) is 270 Å². The molecule has 11 aromatic rings. The predicted octanol–water partition coefficient (Wildman–Crippen LogP) is 17.6. The summed E-state index contributed by atoms with van der Waals surface area (Å²) in [4.78, 5) is 5.25. The Morgan fingerprint density at radius 1 is 0.267 bits per heavy atom. The van der Waals surface area contributed by atoms with Gasteiger partial charge in [-0.05, 0) is 183 Å². The summed E-state index contributed by atoms with van der Waals surface area (Å²) in [5.41, 5.74) is 33.0. The molecular formula is C72H57BN2. The summed E-state index contributed by atoms with van der Waals surface area (Å²) >= 11 is 0. The zero-order valence-corrected chi connectivity index (χ0v) is 43.5. The highest BCUT2D eigenvalue weighted by Gasteiger charge is 2.45. The van der Waals surface area contributed by atoms with E-state index in [9.17, 15) is 0 Å². The van der Waals surface area contributed by atoms with Gasteiger partial charge in [0.15, 0.2) is 0 Å². The van der Waals surface area contributed by atoms with Gasteiger partial charge in [-0.3, -0.25) is 0 Å². The van der Waals surface area contributed by atoms with E-state index in [0.29, 0.717) is 0 Å². The summed E-state index contributed by atoms with van der Waals surface area (Å²) < 4.78 is 0. The van der Waals surface area contributed by atoms with Crippen molar-refractivity contribution in [2.24, 2.45) is 0 Å². The number of rotatable bonds is 8. The Bertz CT molecular complexity index is 3910. The molecule has 3 heteroatoms. The van der Waals surface area contributed by atoms with Crippen molar-refractivity contribution < 1.29 is 0 Å². The second-order valence-electron chi connectivity index (χ2n) is 20.7. The molecule has 0 unspecified atom stereocenters. The lowest BCUT2D eigenvalue weighted by Gasteiger charge is -2.45. The van der Waals surface area contributed by atoms with Crippen LogP contribution in [-0.4, -0.2) is 6.71 Å². The number of fused-ring (bicyclic) bond motifs is 4. The Morgan fingerprint density at radius 3 is 1.24 bits per heavy atom. The monoisotopic (exact) mass is 960 g/mol. The first-order valence-corrected chi connectivity index (χ1v) is 26.4. The molecule has 0 saturated heterocycles. The number of nitrogens with zero attached hydrogens (tertiary/aromatic N) is 2. The van der Waals surface area contributed by atoms with E-state index in [2.05, 4.69) is 288 Å². The second kappa shape index (κ2) is 18.5. The Labute approximate surface area is 443 Å². The number of aryl methyl sites for hydroxylation is 6. The van der Waals surface area contributed by atoms with E-state index >= 15 is 0 Å². The van der Waals surface area contributed by atoms with Crippen LogP contribution in [0.2, 0.25) is 0 Å². The smallest absolute Gasteiger partial charge is 0.252 e. The van der Waals surface area contributed by atoms with Crippen molar-refractivity contribution >= 4 is 57.2 Å². The van der Waals surface area contributed by atoms with Crippen LogP contribution in [-0.2, 0) is 0 Å². The van der Waals surface area contributed by atoms with Crippen LogP contribution in [0.1, 0.15) is 33.4 Å². The first kappa shape index (κ1) is 45.9. The molecule has 2 aliphatic heterocycles. The number of hydrogen-bond acceptors (Lipinski definition) is 2. The fraction of sp³-hybridized carbons (Fsp3) is 0.0833. The number of hydrogen-bond donors (Lipinski definition) is 0. The van der Waals surface area contributed by atoms with Crippen LogP contribution in [0.5, 0.6) is 0 Å². The average Bonchev–Trinajstić information content (AvgIpc) is 3.45. The Hall–Kier alpha value is -8.92. The van der Waals surface area contributed by atoms with E-state index in [1.807, 2.05) is 0 Å². The highest BCUT2D eigenvalue weighted by molar-refractivity contribution is 7.00. The number of benzene rings is 11. The molecule has 0 spiro atoms. The first-order valence-electron chi connectivity index (χ1n) is 26.4. The molecular weight excluding hydrogens is 904 g/mol. The molecule has 0 amide bonds. The molecule has 0 bridgehead atoms. The summed E-state index contributed by atoms with van der Waals surface area (Å²) in [6.45, 7) is 13.4. The van der Waals surface area contributed by atoms with Gasteiger partial charge in [-0.15, -0.1) is 0 Å². The van der Waals surface area contributed by atoms with Crippen LogP contribution in [0.25, 0.3) is 66.8 Å². The third kappa shape index (κ3) is 7.73. The van der Waals surface area contributed by atoms with Gasteiger partial charge < -0.3 is 9.80 Å². The van der Waals surface area contributed by atoms with E-state index in [4.69, 9.17) is 0 Å². The molecule has 2 heterocycles. The maximum Gasteiger partial charge on any atom is 0.252 e. The highest BCUT2D eigenvalue weighted by Crippen LogP contribution is 2.52. The molecule has 75 heavy (non-hydrogen) atoms. The Morgan fingerprint density at radius 2 is 0.693 bits per heavy atom. The molecule has 0 N–H and O–H groups in total. The van der Waals surface area contributed by atoms with Crippen molar-refractivity contribution in [3.8, 4) is 66.8 Å². The molecule has 0 radical (unpaired) electrons.